The van der Waals surface area contributed by atoms with Gasteiger partial charge in [-0.15, -0.1) is 11.3 Å². The normalized spacial score (nSPS) is 10.8. The zero-order valence-corrected chi connectivity index (χ0v) is 23.5. The van der Waals surface area contributed by atoms with E-state index in [1.54, 1.807) is 25.6 Å². The molecular weight excluding hydrogens is 504 g/mol. The number of hydrogen-bond acceptors (Lipinski definition) is 5. The van der Waals surface area contributed by atoms with Crippen LogP contribution in [0.15, 0.2) is 97.1 Å². The second-order valence-electron chi connectivity index (χ2n) is 9.29. The summed E-state index contributed by atoms with van der Waals surface area (Å²) in [6.07, 6.45) is 0. The Morgan fingerprint density at radius 3 is 1.31 bits per heavy atom. The van der Waals surface area contributed by atoms with Crippen LogP contribution < -0.4 is 18.9 Å². The summed E-state index contributed by atoms with van der Waals surface area (Å²) in [6.45, 7) is 5.33. The van der Waals surface area contributed by atoms with Crippen molar-refractivity contribution in [1.82, 2.24) is 0 Å². The maximum absolute atomic E-state index is 6.07. The van der Waals surface area contributed by atoms with E-state index in [9.17, 15) is 0 Å². The molecule has 0 N–H and O–H groups in total. The van der Waals surface area contributed by atoms with E-state index >= 15 is 0 Å². The molecule has 0 saturated heterocycles. The summed E-state index contributed by atoms with van der Waals surface area (Å²) in [4.78, 5) is 2.41. The number of benzene rings is 4. The zero-order valence-electron chi connectivity index (χ0n) is 22.7. The molecule has 0 unspecified atom stereocenters. The van der Waals surface area contributed by atoms with E-state index in [1.807, 2.05) is 48.5 Å². The fourth-order valence-electron chi connectivity index (χ4n) is 4.47. The Hall–Kier alpha value is -4.22. The topological polar surface area (TPSA) is 36.9 Å². The highest BCUT2D eigenvalue weighted by Crippen LogP contribution is 2.45. The van der Waals surface area contributed by atoms with Gasteiger partial charge in [-0.1, -0.05) is 60.7 Å². The fraction of sp³-hybridized carbons (Fsp3) is 0.176. The van der Waals surface area contributed by atoms with Crippen LogP contribution >= 0.6 is 11.3 Å². The van der Waals surface area contributed by atoms with Gasteiger partial charge >= 0.3 is 0 Å². The van der Waals surface area contributed by atoms with Crippen LogP contribution in [-0.4, -0.2) is 14.2 Å². The molecule has 198 valence electrons. The van der Waals surface area contributed by atoms with Gasteiger partial charge in [-0.3, -0.25) is 0 Å². The Bertz CT molecular complexity index is 1430. The third-order valence-corrected chi connectivity index (χ3v) is 8.27. The Balaban J connectivity index is 1.39. The minimum atomic E-state index is 0.491. The number of thiophene rings is 1. The van der Waals surface area contributed by atoms with E-state index in [1.165, 1.54) is 20.9 Å². The van der Waals surface area contributed by atoms with Crippen LogP contribution in [-0.2, 0) is 13.2 Å². The lowest BCUT2D eigenvalue weighted by Crippen LogP contribution is -1.97. The first-order valence-corrected chi connectivity index (χ1v) is 13.7. The maximum atomic E-state index is 6.07. The summed E-state index contributed by atoms with van der Waals surface area (Å²) in [7, 11) is 3.36. The molecule has 4 aromatic carbocycles. The smallest absolute Gasteiger partial charge is 0.161 e. The summed E-state index contributed by atoms with van der Waals surface area (Å²) in [5, 5.41) is 0. The Labute approximate surface area is 234 Å². The largest absolute Gasteiger partial charge is 0.493 e. The van der Waals surface area contributed by atoms with Crippen molar-refractivity contribution in [3.05, 3.63) is 119 Å². The quantitative estimate of drug-likeness (QED) is 0.179. The van der Waals surface area contributed by atoms with Gasteiger partial charge in [0.25, 0.3) is 0 Å². The first-order valence-electron chi connectivity index (χ1n) is 12.9. The van der Waals surface area contributed by atoms with Crippen molar-refractivity contribution >= 4 is 11.3 Å². The van der Waals surface area contributed by atoms with Gasteiger partial charge in [0.2, 0.25) is 0 Å². The van der Waals surface area contributed by atoms with Crippen LogP contribution in [0.1, 0.15) is 22.3 Å². The Kier molecular flexibility index (Phi) is 8.18. The highest BCUT2D eigenvalue weighted by Gasteiger charge is 2.18. The lowest BCUT2D eigenvalue weighted by atomic mass is 10.0. The van der Waals surface area contributed by atoms with Gasteiger partial charge in [0.1, 0.15) is 13.2 Å². The molecule has 4 nitrogen and oxygen atoms in total. The average molecular weight is 537 g/mol. The van der Waals surface area contributed by atoms with Gasteiger partial charge in [-0.2, -0.15) is 0 Å². The molecule has 0 atom stereocenters. The molecule has 5 aromatic rings. The van der Waals surface area contributed by atoms with Gasteiger partial charge in [0.05, 0.1) is 14.2 Å². The second kappa shape index (κ2) is 12.1. The summed E-state index contributed by atoms with van der Waals surface area (Å²) in [5.74, 6) is 2.90. The molecule has 1 aromatic heterocycles. The maximum Gasteiger partial charge on any atom is 0.161 e. The molecule has 0 amide bonds. The predicted octanol–water partition coefficient (Wildman–Crippen LogP) is 8.87. The standard InChI is InChI=1S/C34H32O4S/c1-23-24(2)34(28-16-18-30(32(20-28)36-4)38-22-26-13-9-6-10-14-26)39-33(23)27-15-17-29(31(19-27)35-3)37-21-25-11-7-5-8-12-25/h5-20H,21-22H2,1-4H3. The summed E-state index contributed by atoms with van der Waals surface area (Å²) >= 11 is 1.77. The van der Waals surface area contributed by atoms with Crippen LogP contribution in [0.5, 0.6) is 23.0 Å². The first kappa shape index (κ1) is 26.4. The fourth-order valence-corrected chi connectivity index (χ4v) is 5.78. The molecule has 0 aliphatic carbocycles. The van der Waals surface area contributed by atoms with E-state index in [-0.39, 0.29) is 0 Å². The van der Waals surface area contributed by atoms with Gasteiger partial charge in [-0.25, -0.2) is 0 Å². The number of hydrogen-bond donors (Lipinski definition) is 0. The molecular formula is C34H32O4S. The predicted molar refractivity (Wildman–Crippen MR) is 159 cm³/mol. The summed E-state index contributed by atoms with van der Waals surface area (Å²) in [6, 6.07) is 32.6. The van der Waals surface area contributed by atoms with E-state index in [0.29, 0.717) is 13.2 Å². The molecule has 0 aliphatic heterocycles. The summed E-state index contributed by atoms with van der Waals surface area (Å²) < 4.78 is 23.6. The molecule has 0 saturated carbocycles. The van der Waals surface area contributed by atoms with Crippen molar-refractivity contribution in [3.63, 3.8) is 0 Å². The first-order chi connectivity index (χ1) is 19.1. The number of methoxy groups -OCH3 is 2. The van der Waals surface area contributed by atoms with Crippen LogP contribution in [0.2, 0.25) is 0 Å². The van der Waals surface area contributed by atoms with Crippen molar-refractivity contribution in [2.24, 2.45) is 0 Å². The van der Waals surface area contributed by atoms with Gasteiger partial charge in [0, 0.05) is 9.75 Å². The van der Waals surface area contributed by atoms with Crippen LogP contribution in [0.25, 0.3) is 20.9 Å². The van der Waals surface area contributed by atoms with Crippen LogP contribution in [0.3, 0.4) is 0 Å². The molecule has 0 fully saturated rings. The zero-order chi connectivity index (χ0) is 27.2. The minimum absolute atomic E-state index is 0.491. The van der Waals surface area contributed by atoms with Gasteiger partial charge in [0.15, 0.2) is 23.0 Å². The third kappa shape index (κ3) is 5.94. The molecule has 5 heteroatoms. The summed E-state index contributed by atoms with van der Waals surface area (Å²) in [5.41, 5.74) is 6.93. The Morgan fingerprint density at radius 1 is 0.513 bits per heavy atom. The molecule has 0 aliphatic rings. The lowest BCUT2D eigenvalue weighted by molar-refractivity contribution is 0.284. The number of rotatable bonds is 10. The molecule has 5 rings (SSSR count). The van der Waals surface area contributed by atoms with Crippen molar-refractivity contribution in [2.45, 2.75) is 27.1 Å². The van der Waals surface area contributed by atoms with Gasteiger partial charge < -0.3 is 18.9 Å². The molecule has 1 heterocycles. The number of ether oxygens (including phenoxy) is 4. The third-order valence-electron chi connectivity index (χ3n) is 6.77. The minimum Gasteiger partial charge on any atom is -0.493 e. The van der Waals surface area contributed by atoms with E-state index in [0.717, 1.165) is 45.3 Å². The molecule has 0 bridgehead atoms. The lowest BCUT2D eigenvalue weighted by Gasteiger charge is -2.12. The van der Waals surface area contributed by atoms with Crippen molar-refractivity contribution < 1.29 is 18.9 Å². The van der Waals surface area contributed by atoms with Gasteiger partial charge in [-0.05, 0) is 83.6 Å². The van der Waals surface area contributed by atoms with Crippen molar-refractivity contribution in [3.8, 4) is 43.9 Å². The van der Waals surface area contributed by atoms with Crippen LogP contribution in [0.4, 0.5) is 0 Å². The Morgan fingerprint density at radius 2 is 0.923 bits per heavy atom. The molecule has 0 spiro atoms. The monoisotopic (exact) mass is 536 g/mol. The average Bonchev–Trinajstić information content (AvgIpc) is 3.29. The molecule has 0 radical (unpaired) electrons. The van der Waals surface area contributed by atoms with E-state index in [2.05, 4.69) is 62.4 Å². The van der Waals surface area contributed by atoms with Crippen molar-refractivity contribution in [2.75, 3.05) is 14.2 Å². The highest BCUT2D eigenvalue weighted by molar-refractivity contribution is 7.19. The van der Waals surface area contributed by atoms with Crippen LogP contribution in [0, 0.1) is 13.8 Å². The molecule has 39 heavy (non-hydrogen) atoms. The second-order valence-corrected chi connectivity index (χ2v) is 10.3. The van der Waals surface area contributed by atoms with E-state index in [4.69, 9.17) is 18.9 Å². The van der Waals surface area contributed by atoms with Crippen molar-refractivity contribution in [1.29, 1.82) is 0 Å². The highest BCUT2D eigenvalue weighted by atomic mass is 32.1. The van der Waals surface area contributed by atoms with E-state index < -0.39 is 0 Å². The SMILES string of the molecule is COc1cc(-c2sc(-c3ccc(OCc4ccccc4)c(OC)c3)c(C)c2C)ccc1OCc1ccccc1.